The van der Waals surface area contributed by atoms with Gasteiger partial charge >= 0.3 is 5.97 Å². The Labute approximate surface area is 173 Å². The fourth-order valence-corrected chi connectivity index (χ4v) is 3.71. The van der Waals surface area contributed by atoms with E-state index in [9.17, 15) is 14.4 Å². The van der Waals surface area contributed by atoms with E-state index >= 15 is 0 Å². The molecular formula is C23H22N2O5. The smallest absolute Gasteiger partial charge is 0.308 e. The molecule has 0 spiro atoms. The molecule has 154 valence electrons. The summed E-state index contributed by atoms with van der Waals surface area (Å²) in [6.45, 7) is 3.48. The van der Waals surface area contributed by atoms with Crippen LogP contribution < -0.4 is 9.64 Å². The molecular weight excluding hydrogens is 384 g/mol. The normalized spacial score (nSPS) is 14.2. The van der Waals surface area contributed by atoms with Crippen molar-refractivity contribution in [2.24, 2.45) is 0 Å². The summed E-state index contributed by atoms with van der Waals surface area (Å²) in [5, 5.41) is 0.804. The number of hydrogen-bond donors (Lipinski definition) is 1. The summed E-state index contributed by atoms with van der Waals surface area (Å²) in [4.78, 5) is 42.2. The highest BCUT2D eigenvalue weighted by atomic mass is 16.5. The number of rotatable bonds is 6. The number of hydrogen-bond acceptors (Lipinski definition) is 5. The van der Waals surface area contributed by atoms with Crippen LogP contribution in [-0.2, 0) is 14.3 Å². The first-order valence-electron chi connectivity index (χ1n) is 9.79. The lowest BCUT2D eigenvalue weighted by molar-refractivity contribution is -0.146. The number of carbonyl (C=O) groups is 3. The van der Waals surface area contributed by atoms with Gasteiger partial charge in [0.15, 0.2) is 12.7 Å². The summed E-state index contributed by atoms with van der Waals surface area (Å²) in [6, 6.07) is 14.7. The van der Waals surface area contributed by atoms with Gasteiger partial charge in [-0.25, -0.2) is 0 Å². The number of carbonyl (C=O) groups excluding carboxylic acids is 3. The van der Waals surface area contributed by atoms with E-state index in [0.717, 1.165) is 16.6 Å². The number of aromatic amines is 1. The number of aromatic nitrogens is 1. The van der Waals surface area contributed by atoms with Gasteiger partial charge in [-0.05, 0) is 32.0 Å². The Bertz CT molecular complexity index is 1130. The molecule has 1 atom stereocenters. The van der Waals surface area contributed by atoms with Gasteiger partial charge in [-0.1, -0.05) is 30.3 Å². The first kappa shape index (κ1) is 19.7. The zero-order valence-electron chi connectivity index (χ0n) is 16.8. The van der Waals surface area contributed by atoms with Gasteiger partial charge in [0.2, 0.25) is 5.78 Å². The second-order valence-electron chi connectivity index (χ2n) is 7.22. The third-order valence-corrected chi connectivity index (χ3v) is 5.17. The monoisotopic (exact) mass is 406 g/mol. The molecule has 2 heterocycles. The maximum atomic E-state index is 12.9. The summed E-state index contributed by atoms with van der Waals surface area (Å²) in [5.41, 5.74) is 2.75. The predicted octanol–water partition coefficient (Wildman–Crippen LogP) is 3.41. The van der Waals surface area contributed by atoms with Crippen LogP contribution in [0.3, 0.4) is 0 Å². The van der Waals surface area contributed by atoms with Crippen LogP contribution in [0.15, 0.2) is 48.5 Å². The number of aryl methyl sites for hydroxylation is 1. The number of H-pyrrole nitrogens is 1. The van der Waals surface area contributed by atoms with Crippen LogP contribution >= 0.6 is 0 Å². The Kier molecular flexibility index (Phi) is 5.27. The number of anilines is 1. The maximum absolute atomic E-state index is 12.9. The lowest BCUT2D eigenvalue weighted by Gasteiger charge is -2.29. The fraction of sp³-hybridized carbons (Fsp3) is 0.261. The van der Waals surface area contributed by atoms with Crippen molar-refractivity contribution in [3.05, 3.63) is 59.8 Å². The number of nitrogens with zero attached hydrogens (tertiary/aromatic N) is 1. The summed E-state index contributed by atoms with van der Waals surface area (Å²) in [5.74, 6) is -0.417. The van der Waals surface area contributed by atoms with Gasteiger partial charge in [0.1, 0.15) is 5.75 Å². The zero-order chi connectivity index (χ0) is 21.3. The molecule has 0 saturated heterocycles. The van der Waals surface area contributed by atoms with Gasteiger partial charge in [0.25, 0.3) is 5.91 Å². The van der Waals surface area contributed by atoms with Crippen LogP contribution in [0.5, 0.6) is 5.75 Å². The molecule has 4 rings (SSSR count). The molecule has 1 aliphatic heterocycles. The van der Waals surface area contributed by atoms with E-state index in [1.807, 2.05) is 37.3 Å². The molecule has 7 heteroatoms. The number of para-hydroxylation sites is 3. The molecule has 0 bridgehead atoms. The number of amides is 1. The Hall–Kier alpha value is -3.61. The van der Waals surface area contributed by atoms with Crippen LogP contribution in [0.1, 0.15) is 29.4 Å². The maximum Gasteiger partial charge on any atom is 0.308 e. The van der Waals surface area contributed by atoms with E-state index in [1.165, 1.54) is 4.90 Å². The van der Waals surface area contributed by atoms with E-state index in [1.54, 1.807) is 25.1 Å². The van der Waals surface area contributed by atoms with E-state index in [2.05, 4.69) is 4.98 Å². The molecule has 30 heavy (non-hydrogen) atoms. The number of ketones is 1. The van der Waals surface area contributed by atoms with Crippen LogP contribution in [0.2, 0.25) is 0 Å². The summed E-state index contributed by atoms with van der Waals surface area (Å²) < 4.78 is 10.8. The number of ether oxygens (including phenoxy) is 2. The molecule has 1 aromatic heterocycles. The van der Waals surface area contributed by atoms with Gasteiger partial charge in [0.05, 0.1) is 12.1 Å². The van der Waals surface area contributed by atoms with Crippen molar-refractivity contribution < 1.29 is 23.9 Å². The minimum atomic E-state index is -0.928. The number of benzene rings is 2. The zero-order valence-corrected chi connectivity index (χ0v) is 16.8. The molecule has 0 unspecified atom stereocenters. The third kappa shape index (κ3) is 3.66. The number of Topliss-reactive ketones (excluding diaryl/α,β-unsaturated/α-hetero) is 1. The van der Waals surface area contributed by atoms with Crippen LogP contribution in [0.25, 0.3) is 10.9 Å². The van der Waals surface area contributed by atoms with Crippen molar-refractivity contribution in [1.82, 2.24) is 4.98 Å². The van der Waals surface area contributed by atoms with E-state index in [0.29, 0.717) is 17.0 Å². The molecule has 2 aromatic carbocycles. The second-order valence-corrected chi connectivity index (χ2v) is 7.22. The Morgan fingerprint density at radius 1 is 1.17 bits per heavy atom. The van der Waals surface area contributed by atoms with Crippen molar-refractivity contribution in [2.45, 2.75) is 26.4 Å². The van der Waals surface area contributed by atoms with Gasteiger partial charge in [0, 0.05) is 28.7 Å². The first-order chi connectivity index (χ1) is 14.5. The molecule has 0 saturated carbocycles. The number of esters is 1. The molecule has 3 aromatic rings. The number of fused-ring (bicyclic) bond motifs is 2. The predicted molar refractivity (Wildman–Crippen MR) is 112 cm³/mol. The van der Waals surface area contributed by atoms with E-state index in [-0.39, 0.29) is 31.3 Å². The van der Waals surface area contributed by atoms with E-state index in [4.69, 9.17) is 9.47 Å². The lowest BCUT2D eigenvalue weighted by Crippen LogP contribution is -2.40. The molecule has 0 radical (unpaired) electrons. The minimum Gasteiger partial charge on any atom is -0.482 e. The summed E-state index contributed by atoms with van der Waals surface area (Å²) >= 11 is 0. The second kappa shape index (κ2) is 8.02. The number of nitrogens with one attached hydrogen (secondary N) is 1. The highest BCUT2D eigenvalue weighted by Crippen LogP contribution is 2.31. The van der Waals surface area contributed by atoms with Crippen molar-refractivity contribution in [3.63, 3.8) is 0 Å². The first-order valence-corrected chi connectivity index (χ1v) is 9.79. The minimum absolute atomic E-state index is 0.0233. The molecule has 1 aliphatic rings. The molecule has 0 fully saturated rings. The molecule has 1 amide bonds. The van der Waals surface area contributed by atoms with Gasteiger partial charge in [-0.15, -0.1) is 0 Å². The Morgan fingerprint density at radius 3 is 2.73 bits per heavy atom. The molecule has 1 N–H and O–H groups in total. The van der Waals surface area contributed by atoms with Crippen molar-refractivity contribution in [2.75, 3.05) is 18.1 Å². The van der Waals surface area contributed by atoms with Crippen molar-refractivity contribution in [1.29, 1.82) is 0 Å². The van der Waals surface area contributed by atoms with Crippen molar-refractivity contribution >= 4 is 34.3 Å². The topological polar surface area (TPSA) is 88.7 Å². The van der Waals surface area contributed by atoms with Gasteiger partial charge < -0.3 is 19.4 Å². The average Bonchev–Trinajstić information content (AvgIpc) is 3.08. The highest BCUT2D eigenvalue weighted by molar-refractivity contribution is 6.11. The van der Waals surface area contributed by atoms with Crippen molar-refractivity contribution in [3.8, 4) is 5.75 Å². The van der Waals surface area contributed by atoms with Crippen LogP contribution in [0, 0.1) is 6.92 Å². The summed E-state index contributed by atoms with van der Waals surface area (Å²) in [6.07, 6.45) is -0.951. The standard InChI is InChI=1S/C23H22N2O5/c1-14-22(16-7-3-4-8-17(16)24-14)23(28)15(2)30-21(27)11-12-25-18-9-5-6-10-19(18)29-13-20(25)26/h3-10,15,24H,11-13H2,1-2H3/t15-/m0/s1. The lowest BCUT2D eigenvalue weighted by atomic mass is 10.0. The average molecular weight is 406 g/mol. The van der Waals surface area contributed by atoms with Gasteiger partial charge in [-0.3, -0.25) is 14.4 Å². The van der Waals surface area contributed by atoms with Crippen LogP contribution in [-0.4, -0.2) is 41.9 Å². The highest BCUT2D eigenvalue weighted by Gasteiger charge is 2.27. The van der Waals surface area contributed by atoms with Gasteiger partial charge in [-0.2, -0.15) is 0 Å². The van der Waals surface area contributed by atoms with E-state index < -0.39 is 12.1 Å². The Morgan fingerprint density at radius 2 is 1.90 bits per heavy atom. The quantitative estimate of drug-likeness (QED) is 0.501. The molecule has 7 nitrogen and oxygen atoms in total. The fourth-order valence-electron chi connectivity index (χ4n) is 3.71. The SMILES string of the molecule is Cc1[nH]c2ccccc2c1C(=O)[C@H](C)OC(=O)CCN1C(=O)COc2ccccc21. The molecule has 0 aliphatic carbocycles. The largest absolute Gasteiger partial charge is 0.482 e. The van der Waals surface area contributed by atoms with Crippen LogP contribution in [0.4, 0.5) is 5.69 Å². The Balaban J connectivity index is 1.41. The summed E-state index contributed by atoms with van der Waals surface area (Å²) in [7, 11) is 0. The third-order valence-electron chi connectivity index (χ3n) is 5.17.